The summed E-state index contributed by atoms with van der Waals surface area (Å²) in [7, 11) is 0. The van der Waals surface area contributed by atoms with Gasteiger partial charge in [-0.25, -0.2) is 0 Å². The number of nitrogens with zero attached hydrogens (tertiary/aromatic N) is 1. The second-order valence-corrected chi connectivity index (χ2v) is 7.17. The van der Waals surface area contributed by atoms with Crippen LogP contribution in [0, 0.1) is 5.92 Å². The van der Waals surface area contributed by atoms with Crippen molar-refractivity contribution in [2.45, 2.75) is 71.6 Å². The maximum absolute atomic E-state index is 10.5. The Hall–Kier alpha value is -1.32. The molecule has 0 fully saturated rings. The highest BCUT2D eigenvalue weighted by molar-refractivity contribution is 5.21. The molecule has 0 aliphatic carbocycles. The lowest BCUT2D eigenvalue weighted by Crippen LogP contribution is -2.62. The molecule has 1 N–H and O–H groups in total. The van der Waals surface area contributed by atoms with Gasteiger partial charge in [0.2, 0.25) is 0 Å². The van der Waals surface area contributed by atoms with E-state index in [2.05, 4.69) is 58.7 Å². The number of hydroxylamine groups is 2. The predicted octanol–water partition coefficient (Wildman–Crippen LogP) is 5.41. The van der Waals surface area contributed by atoms with Crippen molar-refractivity contribution in [2.75, 3.05) is 0 Å². The van der Waals surface area contributed by atoms with E-state index in [0.717, 1.165) is 18.4 Å². The zero-order valence-electron chi connectivity index (χ0n) is 15.3. The first-order valence-corrected chi connectivity index (χ1v) is 8.72. The van der Waals surface area contributed by atoms with Crippen molar-refractivity contribution < 1.29 is 9.94 Å². The molecular formula is C20H31NO2. The SMILES string of the molecule is CCC1(C)C=C(O)C(C)C(C)(CC)N1OC(C)c1ccccc1. The highest BCUT2D eigenvalue weighted by Gasteiger charge is 2.50. The summed E-state index contributed by atoms with van der Waals surface area (Å²) >= 11 is 0. The van der Waals surface area contributed by atoms with Gasteiger partial charge in [-0.05, 0) is 45.3 Å². The van der Waals surface area contributed by atoms with Crippen molar-refractivity contribution in [3.63, 3.8) is 0 Å². The van der Waals surface area contributed by atoms with Gasteiger partial charge < -0.3 is 5.11 Å². The molecule has 4 atom stereocenters. The Labute approximate surface area is 140 Å². The standard InChI is InChI=1S/C20H31NO2/c1-7-19(5)14-18(22)15(3)20(6,8-2)21(19)23-16(4)17-12-10-9-11-13-17/h9-16,22H,7-8H2,1-6H3. The van der Waals surface area contributed by atoms with E-state index in [1.54, 1.807) is 0 Å². The maximum Gasteiger partial charge on any atom is 0.102 e. The number of rotatable bonds is 5. The molecule has 1 aliphatic rings. The van der Waals surface area contributed by atoms with Crippen LogP contribution in [-0.2, 0) is 4.84 Å². The Morgan fingerprint density at radius 3 is 2.30 bits per heavy atom. The Bertz CT molecular complexity index is 556. The second kappa shape index (κ2) is 6.66. The fourth-order valence-electron chi connectivity index (χ4n) is 3.46. The molecule has 0 spiro atoms. The first kappa shape index (κ1) is 18.0. The minimum absolute atomic E-state index is 0.0335. The van der Waals surface area contributed by atoms with Crippen LogP contribution in [0.25, 0.3) is 0 Å². The number of aliphatic hydroxyl groups excluding tert-OH is 1. The zero-order valence-corrected chi connectivity index (χ0v) is 15.3. The van der Waals surface area contributed by atoms with Crippen molar-refractivity contribution in [2.24, 2.45) is 5.92 Å². The molecule has 0 saturated carbocycles. The number of aliphatic hydroxyl groups is 1. The molecule has 1 aliphatic heterocycles. The van der Waals surface area contributed by atoms with Gasteiger partial charge in [-0.3, -0.25) is 4.84 Å². The first-order valence-electron chi connectivity index (χ1n) is 8.72. The summed E-state index contributed by atoms with van der Waals surface area (Å²) in [4.78, 5) is 6.49. The van der Waals surface area contributed by atoms with E-state index in [1.165, 1.54) is 0 Å². The van der Waals surface area contributed by atoms with Crippen LogP contribution < -0.4 is 0 Å². The largest absolute Gasteiger partial charge is 0.512 e. The van der Waals surface area contributed by atoms with Crippen LogP contribution >= 0.6 is 0 Å². The van der Waals surface area contributed by atoms with Crippen LogP contribution in [0.2, 0.25) is 0 Å². The highest BCUT2D eigenvalue weighted by atomic mass is 16.7. The van der Waals surface area contributed by atoms with E-state index in [9.17, 15) is 5.11 Å². The number of benzene rings is 1. The molecule has 23 heavy (non-hydrogen) atoms. The summed E-state index contributed by atoms with van der Waals surface area (Å²) in [6.45, 7) is 12.8. The lowest BCUT2D eigenvalue weighted by Gasteiger charge is -2.55. The molecule has 0 radical (unpaired) electrons. The van der Waals surface area contributed by atoms with E-state index in [0.29, 0.717) is 5.76 Å². The van der Waals surface area contributed by atoms with E-state index >= 15 is 0 Å². The molecule has 0 saturated heterocycles. The van der Waals surface area contributed by atoms with Gasteiger partial charge in [-0.1, -0.05) is 51.1 Å². The van der Waals surface area contributed by atoms with Crippen LogP contribution in [0.1, 0.15) is 66.1 Å². The van der Waals surface area contributed by atoms with Crippen LogP contribution in [0.4, 0.5) is 0 Å². The Morgan fingerprint density at radius 2 is 1.78 bits per heavy atom. The lowest BCUT2D eigenvalue weighted by atomic mass is 9.74. The molecule has 1 heterocycles. The Morgan fingerprint density at radius 1 is 1.17 bits per heavy atom. The number of hydrogen-bond donors (Lipinski definition) is 1. The van der Waals surface area contributed by atoms with E-state index in [-0.39, 0.29) is 23.1 Å². The average Bonchev–Trinajstić information content (AvgIpc) is 2.57. The quantitative estimate of drug-likeness (QED) is 0.788. The lowest BCUT2D eigenvalue weighted by molar-refractivity contribution is -0.303. The molecular weight excluding hydrogens is 286 g/mol. The highest BCUT2D eigenvalue weighted by Crippen LogP contribution is 2.45. The molecule has 0 bridgehead atoms. The summed E-state index contributed by atoms with van der Waals surface area (Å²) in [6.07, 6.45) is 3.71. The van der Waals surface area contributed by atoms with Crippen LogP contribution in [0.5, 0.6) is 0 Å². The number of hydrogen-bond acceptors (Lipinski definition) is 3. The van der Waals surface area contributed by atoms with Crippen molar-refractivity contribution >= 4 is 0 Å². The van der Waals surface area contributed by atoms with Crippen molar-refractivity contribution in [1.82, 2.24) is 5.06 Å². The fraction of sp³-hybridized carbons (Fsp3) is 0.600. The monoisotopic (exact) mass is 317 g/mol. The third-order valence-electron chi connectivity index (χ3n) is 5.73. The molecule has 128 valence electrons. The van der Waals surface area contributed by atoms with E-state index in [1.807, 2.05) is 24.3 Å². The van der Waals surface area contributed by atoms with Crippen LogP contribution in [-0.4, -0.2) is 21.2 Å². The molecule has 4 unspecified atom stereocenters. The van der Waals surface area contributed by atoms with Crippen molar-refractivity contribution in [3.05, 3.63) is 47.7 Å². The molecule has 3 nitrogen and oxygen atoms in total. The van der Waals surface area contributed by atoms with Gasteiger partial charge >= 0.3 is 0 Å². The minimum atomic E-state index is -0.315. The van der Waals surface area contributed by atoms with E-state index < -0.39 is 0 Å². The second-order valence-electron chi connectivity index (χ2n) is 7.17. The third-order valence-corrected chi connectivity index (χ3v) is 5.73. The van der Waals surface area contributed by atoms with Crippen LogP contribution in [0.3, 0.4) is 0 Å². The van der Waals surface area contributed by atoms with Crippen LogP contribution in [0.15, 0.2) is 42.2 Å². The molecule has 0 aromatic heterocycles. The van der Waals surface area contributed by atoms with Crippen molar-refractivity contribution in [1.29, 1.82) is 0 Å². The molecule has 3 heteroatoms. The van der Waals surface area contributed by atoms with Gasteiger partial charge in [0.25, 0.3) is 0 Å². The van der Waals surface area contributed by atoms with Gasteiger partial charge in [-0.15, -0.1) is 0 Å². The first-order chi connectivity index (χ1) is 10.8. The smallest absolute Gasteiger partial charge is 0.102 e. The third kappa shape index (κ3) is 3.17. The molecule has 1 aromatic rings. The molecule has 2 rings (SSSR count). The minimum Gasteiger partial charge on any atom is -0.512 e. The summed E-state index contributed by atoms with van der Waals surface area (Å²) in [5.41, 5.74) is 0.604. The molecule has 1 aromatic carbocycles. The van der Waals surface area contributed by atoms with Gasteiger partial charge in [0, 0.05) is 5.92 Å². The van der Waals surface area contributed by atoms with Gasteiger partial charge in [-0.2, -0.15) is 5.06 Å². The molecule has 0 amide bonds. The van der Waals surface area contributed by atoms with Gasteiger partial charge in [0.05, 0.1) is 16.8 Å². The maximum atomic E-state index is 10.5. The average molecular weight is 317 g/mol. The zero-order chi connectivity index (χ0) is 17.3. The normalized spacial score (nSPS) is 33.3. The summed E-state index contributed by atoms with van der Waals surface area (Å²) in [5, 5.41) is 12.6. The Balaban J connectivity index is 2.39. The predicted molar refractivity (Wildman–Crippen MR) is 95.0 cm³/mol. The summed E-state index contributed by atoms with van der Waals surface area (Å²) < 4.78 is 0. The van der Waals surface area contributed by atoms with E-state index in [4.69, 9.17) is 4.84 Å². The van der Waals surface area contributed by atoms with Gasteiger partial charge in [0.15, 0.2) is 0 Å². The summed E-state index contributed by atoms with van der Waals surface area (Å²) in [5.74, 6) is 0.515. The van der Waals surface area contributed by atoms with Gasteiger partial charge in [0.1, 0.15) is 6.10 Å². The Kier molecular flexibility index (Phi) is 5.22. The topological polar surface area (TPSA) is 32.7 Å². The summed E-state index contributed by atoms with van der Waals surface area (Å²) in [6, 6.07) is 10.3. The van der Waals surface area contributed by atoms with Crippen molar-refractivity contribution in [3.8, 4) is 0 Å². The fourth-order valence-corrected chi connectivity index (χ4v) is 3.46.